The minimum absolute atomic E-state index is 0.0453. The van der Waals surface area contributed by atoms with E-state index in [-0.39, 0.29) is 29.0 Å². The Morgan fingerprint density at radius 2 is 1.87 bits per heavy atom. The Morgan fingerprint density at radius 1 is 1.17 bits per heavy atom. The van der Waals surface area contributed by atoms with Crippen LogP contribution in [0.15, 0.2) is 23.3 Å². The van der Waals surface area contributed by atoms with E-state index in [9.17, 15) is 25.0 Å². The molecule has 0 aromatic heterocycles. The number of rotatable bonds is 4. The van der Waals surface area contributed by atoms with Gasteiger partial charge in [0.25, 0.3) is 5.69 Å². The Morgan fingerprint density at radius 3 is 2.43 bits per heavy atom. The van der Waals surface area contributed by atoms with Gasteiger partial charge in [0.05, 0.1) is 15.9 Å². The van der Waals surface area contributed by atoms with E-state index in [0.29, 0.717) is 18.6 Å². The summed E-state index contributed by atoms with van der Waals surface area (Å²) in [7, 11) is 0. The topological polar surface area (TPSA) is 128 Å². The molecule has 1 fully saturated rings. The zero-order valence-electron chi connectivity index (χ0n) is 12.7. The Bertz CT molecular complexity index is 711. The molecule has 0 spiro atoms. The number of benzene rings is 1. The second-order valence-electron chi connectivity index (χ2n) is 6.24. The van der Waals surface area contributed by atoms with Crippen LogP contribution in [-0.2, 0) is 4.79 Å². The molecular weight excluding hydrogens is 304 g/mol. The Balaban J connectivity index is 2.26. The number of anilines is 1. The number of carbonyl (C=O) groups excluding carboxylic acids is 1. The van der Waals surface area contributed by atoms with Gasteiger partial charge in [-0.2, -0.15) is 5.10 Å². The molecule has 0 amide bonds. The highest BCUT2D eigenvalue weighted by atomic mass is 16.6. The fraction of sp³-hybridized carbons (Fsp3) is 0.429. The molecule has 122 valence electrons. The summed E-state index contributed by atoms with van der Waals surface area (Å²) in [6.07, 6.45) is 1.29. The normalized spacial score (nSPS) is 18.7. The summed E-state index contributed by atoms with van der Waals surface area (Å²) in [5.41, 5.74) is 2.21. The van der Waals surface area contributed by atoms with Crippen LogP contribution in [0.5, 0.6) is 0 Å². The average molecular weight is 320 g/mol. The smallest absolute Gasteiger partial charge is 0.299 e. The van der Waals surface area contributed by atoms with Gasteiger partial charge in [-0.1, -0.05) is 13.8 Å². The monoisotopic (exact) mass is 320 g/mol. The van der Waals surface area contributed by atoms with E-state index in [0.717, 1.165) is 12.1 Å². The lowest BCUT2D eigenvalue weighted by Crippen LogP contribution is -2.29. The average Bonchev–Trinajstić information content (AvgIpc) is 2.42. The van der Waals surface area contributed by atoms with Gasteiger partial charge in [0.2, 0.25) is 0 Å². The summed E-state index contributed by atoms with van der Waals surface area (Å²) < 4.78 is 0. The fourth-order valence-corrected chi connectivity index (χ4v) is 2.60. The number of non-ortho nitro benzene ring substituents is 1. The van der Waals surface area contributed by atoms with Crippen molar-refractivity contribution < 1.29 is 14.6 Å². The number of carbonyl (C=O) groups is 1. The van der Waals surface area contributed by atoms with Crippen LogP contribution in [0.4, 0.5) is 17.1 Å². The largest absolute Gasteiger partial charge is 0.301 e. The fourth-order valence-electron chi connectivity index (χ4n) is 2.60. The molecule has 1 N–H and O–H groups in total. The molecule has 0 unspecified atom stereocenters. The molecule has 9 nitrogen and oxygen atoms in total. The van der Waals surface area contributed by atoms with Gasteiger partial charge in [-0.15, -0.1) is 0 Å². The third kappa shape index (κ3) is 4.09. The summed E-state index contributed by atoms with van der Waals surface area (Å²) in [5, 5.41) is 25.8. The minimum Gasteiger partial charge on any atom is -0.299 e. The number of hydrogen-bond acceptors (Lipinski definition) is 7. The van der Waals surface area contributed by atoms with Gasteiger partial charge < -0.3 is 0 Å². The van der Waals surface area contributed by atoms with E-state index < -0.39 is 15.5 Å². The van der Waals surface area contributed by atoms with Crippen LogP contribution >= 0.6 is 0 Å². The maximum Gasteiger partial charge on any atom is 0.301 e. The van der Waals surface area contributed by atoms with E-state index in [4.69, 9.17) is 0 Å². The first-order chi connectivity index (χ1) is 10.7. The van der Waals surface area contributed by atoms with E-state index in [1.54, 1.807) is 0 Å². The lowest BCUT2D eigenvalue weighted by atomic mass is 9.76. The van der Waals surface area contributed by atoms with Crippen LogP contribution in [0.3, 0.4) is 0 Å². The maximum absolute atomic E-state index is 11.7. The lowest BCUT2D eigenvalue weighted by molar-refractivity contribution is -0.393. The SMILES string of the molecule is CC1(C)CC(=O)C/C(=N\Nc2ccc([N+](=O)[O-])cc2[N+](=O)[O-])C1. The summed E-state index contributed by atoms with van der Waals surface area (Å²) in [4.78, 5) is 32.0. The van der Waals surface area contributed by atoms with Crippen molar-refractivity contribution in [2.45, 2.75) is 33.1 Å². The molecule has 0 atom stereocenters. The first kappa shape index (κ1) is 16.5. The summed E-state index contributed by atoms with van der Waals surface area (Å²) in [6, 6.07) is 3.26. The van der Waals surface area contributed by atoms with Crippen LogP contribution in [-0.4, -0.2) is 21.3 Å². The predicted molar refractivity (Wildman–Crippen MR) is 83.4 cm³/mol. The van der Waals surface area contributed by atoms with Crippen molar-refractivity contribution in [3.63, 3.8) is 0 Å². The number of nitrogens with zero attached hydrogens (tertiary/aromatic N) is 3. The highest BCUT2D eigenvalue weighted by Crippen LogP contribution is 2.33. The quantitative estimate of drug-likeness (QED) is 0.670. The molecule has 1 aliphatic rings. The molecule has 0 radical (unpaired) electrons. The van der Waals surface area contributed by atoms with Gasteiger partial charge in [0, 0.05) is 24.6 Å². The van der Waals surface area contributed by atoms with Gasteiger partial charge in [-0.05, 0) is 17.9 Å². The third-order valence-corrected chi connectivity index (χ3v) is 3.48. The number of nitrogens with one attached hydrogen (secondary N) is 1. The van der Waals surface area contributed by atoms with Crippen LogP contribution in [0.2, 0.25) is 0 Å². The van der Waals surface area contributed by atoms with E-state index in [1.807, 2.05) is 13.8 Å². The van der Waals surface area contributed by atoms with Crippen LogP contribution in [0.1, 0.15) is 33.1 Å². The van der Waals surface area contributed by atoms with Crippen molar-refractivity contribution in [2.75, 3.05) is 5.43 Å². The first-order valence-electron chi connectivity index (χ1n) is 6.94. The molecule has 9 heteroatoms. The second-order valence-corrected chi connectivity index (χ2v) is 6.24. The van der Waals surface area contributed by atoms with E-state index in [2.05, 4.69) is 10.5 Å². The molecule has 0 aliphatic heterocycles. The minimum atomic E-state index is -0.717. The van der Waals surface area contributed by atoms with Crippen molar-refractivity contribution in [2.24, 2.45) is 10.5 Å². The molecule has 0 saturated heterocycles. The summed E-state index contributed by atoms with van der Waals surface area (Å²) in [6.45, 7) is 3.90. The highest BCUT2D eigenvalue weighted by Gasteiger charge is 2.30. The summed E-state index contributed by atoms with van der Waals surface area (Å²) >= 11 is 0. The molecule has 1 aromatic carbocycles. The lowest BCUT2D eigenvalue weighted by Gasteiger charge is -2.29. The van der Waals surface area contributed by atoms with E-state index in [1.165, 1.54) is 6.07 Å². The van der Waals surface area contributed by atoms with Crippen LogP contribution < -0.4 is 5.43 Å². The van der Waals surface area contributed by atoms with Gasteiger partial charge in [-0.3, -0.25) is 30.4 Å². The highest BCUT2D eigenvalue weighted by molar-refractivity contribution is 6.05. The number of ketones is 1. The van der Waals surface area contributed by atoms with E-state index >= 15 is 0 Å². The van der Waals surface area contributed by atoms with Crippen molar-refractivity contribution in [3.05, 3.63) is 38.4 Å². The molecule has 2 rings (SSSR count). The maximum atomic E-state index is 11.7. The molecule has 1 saturated carbocycles. The standard InChI is InChI=1S/C14H16N4O5/c1-14(2)7-9(5-11(19)8-14)15-16-12-4-3-10(17(20)21)6-13(12)18(22)23/h3-4,6,16H,5,7-8H2,1-2H3/b15-9+. The van der Waals surface area contributed by atoms with Gasteiger partial charge in [0.15, 0.2) is 0 Å². The molecular formula is C14H16N4O5. The number of hydrazone groups is 1. The second kappa shape index (κ2) is 6.11. The molecule has 23 heavy (non-hydrogen) atoms. The Labute approximate surface area is 131 Å². The zero-order valence-corrected chi connectivity index (χ0v) is 12.7. The first-order valence-corrected chi connectivity index (χ1v) is 6.94. The Kier molecular flexibility index (Phi) is 4.39. The van der Waals surface area contributed by atoms with Crippen molar-refractivity contribution in [1.29, 1.82) is 0 Å². The van der Waals surface area contributed by atoms with Crippen LogP contribution in [0.25, 0.3) is 0 Å². The van der Waals surface area contributed by atoms with Crippen molar-refractivity contribution >= 4 is 28.6 Å². The predicted octanol–water partition coefficient (Wildman–Crippen LogP) is 3.05. The number of nitro groups is 2. The molecule has 0 bridgehead atoms. The number of hydrogen-bond donors (Lipinski definition) is 1. The van der Waals surface area contributed by atoms with Crippen molar-refractivity contribution in [1.82, 2.24) is 0 Å². The van der Waals surface area contributed by atoms with Crippen LogP contribution in [0, 0.1) is 25.6 Å². The number of Topliss-reactive ketones (excluding diaryl/α,β-unsaturated/α-hetero) is 1. The molecule has 1 aromatic rings. The third-order valence-electron chi connectivity index (χ3n) is 3.48. The van der Waals surface area contributed by atoms with Gasteiger partial charge >= 0.3 is 5.69 Å². The summed E-state index contributed by atoms with van der Waals surface area (Å²) in [5.74, 6) is 0.0694. The number of nitro benzene ring substituents is 2. The molecule has 0 heterocycles. The van der Waals surface area contributed by atoms with Gasteiger partial charge in [0.1, 0.15) is 11.5 Å². The molecule has 1 aliphatic carbocycles. The van der Waals surface area contributed by atoms with Crippen molar-refractivity contribution in [3.8, 4) is 0 Å². The Hall–Kier alpha value is -2.84. The van der Waals surface area contributed by atoms with Gasteiger partial charge in [-0.25, -0.2) is 0 Å². The zero-order chi connectivity index (χ0) is 17.2.